The van der Waals surface area contributed by atoms with E-state index in [1.165, 1.54) is 36.0 Å². The second-order valence-corrected chi connectivity index (χ2v) is 6.28. The number of hydrogen-bond donors (Lipinski definition) is 1. The number of nitrogens with one attached hydrogen (secondary N) is 1. The maximum Gasteiger partial charge on any atom is 0.0220 e. The summed E-state index contributed by atoms with van der Waals surface area (Å²) in [6.07, 6.45) is 2.69. The van der Waals surface area contributed by atoms with Crippen molar-refractivity contribution in [1.82, 2.24) is 10.2 Å². The van der Waals surface area contributed by atoms with Crippen molar-refractivity contribution >= 4 is 15.9 Å². The fraction of sp³-hybridized carbons (Fsp3) is 0.600. The topological polar surface area (TPSA) is 15.3 Å². The summed E-state index contributed by atoms with van der Waals surface area (Å²) in [5, 5.41) is 3.67. The summed E-state index contributed by atoms with van der Waals surface area (Å²) in [5.74, 6) is 0.784. The molecule has 100 valence electrons. The van der Waals surface area contributed by atoms with Gasteiger partial charge in [-0.1, -0.05) is 34.1 Å². The Labute approximate surface area is 119 Å². The van der Waals surface area contributed by atoms with Gasteiger partial charge in [0.15, 0.2) is 0 Å². The molecule has 0 amide bonds. The van der Waals surface area contributed by atoms with E-state index in [9.17, 15) is 0 Å². The maximum atomic E-state index is 3.67. The van der Waals surface area contributed by atoms with E-state index in [0.29, 0.717) is 6.04 Å². The van der Waals surface area contributed by atoms with Gasteiger partial charge in [0.1, 0.15) is 0 Å². The number of benzene rings is 1. The highest BCUT2D eigenvalue weighted by atomic mass is 79.9. The molecule has 0 bridgehead atoms. The Kier molecular flexibility index (Phi) is 5.22. The molecule has 3 heteroatoms. The second kappa shape index (κ2) is 6.69. The Morgan fingerprint density at radius 3 is 2.94 bits per heavy atom. The van der Waals surface area contributed by atoms with E-state index in [-0.39, 0.29) is 0 Å². The number of piperidine rings is 1. The molecule has 2 atom stereocenters. The Hall–Kier alpha value is -0.380. The average molecular weight is 311 g/mol. The van der Waals surface area contributed by atoms with E-state index in [4.69, 9.17) is 0 Å². The van der Waals surface area contributed by atoms with Crippen LogP contribution in [0.5, 0.6) is 0 Å². The van der Waals surface area contributed by atoms with Crippen molar-refractivity contribution in [3.8, 4) is 0 Å². The molecular formula is C15H23BrN2. The van der Waals surface area contributed by atoms with Gasteiger partial charge in [0.2, 0.25) is 0 Å². The van der Waals surface area contributed by atoms with Gasteiger partial charge in [0.25, 0.3) is 0 Å². The third-order valence-electron chi connectivity index (χ3n) is 3.94. The van der Waals surface area contributed by atoms with Gasteiger partial charge in [-0.3, -0.25) is 0 Å². The van der Waals surface area contributed by atoms with Gasteiger partial charge in [-0.25, -0.2) is 0 Å². The van der Waals surface area contributed by atoms with Crippen molar-refractivity contribution in [2.45, 2.75) is 32.4 Å². The average Bonchev–Trinajstić information content (AvgIpc) is 2.37. The summed E-state index contributed by atoms with van der Waals surface area (Å²) >= 11 is 3.60. The molecule has 2 rings (SSSR count). The van der Waals surface area contributed by atoms with Crippen molar-refractivity contribution in [3.63, 3.8) is 0 Å². The fourth-order valence-electron chi connectivity index (χ4n) is 2.69. The quantitative estimate of drug-likeness (QED) is 0.918. The predicted octanol–water partition coefficient (Wildman–Crippen LogP) is 3.27. The van der Waals surface area contributed by atoms with E-state index >= 15 is 0 Å². The molecule has 0 spiro atoms. The third-order valence-corrected chi connectivity index (χ3v) is 4.71. The summed E-state index contributed by atoms with van der Waals surface area (Å²) in [4.78, 5) is 2.45. The Morgan fingerprint density at radius 1 is 1.44 bits per heavy atom. The molecule has 0 aliphatic carbocycles. The molecule has 0 aromatic heterocycles. The van der Waals surface area contributed by atoms with Gasteiger partial charge in [-0.2, -0.15) is 0 Å². The number of halogens is 1. The lowest BCUT2D eigenvalue weighted by atomic mass is 9.92. The van der Waals surface area contributed by atoms with Crippen LogP contribution < -0.4 is 5.32 Å². The minimum atomic E-state index is 0.583. The SMILES string of the molecule is CC(NCc1ccccc1Br)C1CCCN(C)C1. The lowest BCUT2D eigenvalue weighted by Gasteiger charge is -2.34. The van der Waals surface area contributed by atoms with Crippen molar-refractivity contribution < 1.29 is 0 Å². The van der Waals surface area contributed by atoms with Crippen molar-refractivity contribution in [1.29, 1.82) is 0 Å². The summed E-state index contributed by atoms with van der Waals surface area (Å²) in [5.41, 5.74) is 1.34. The van der Waals surface area contributed by atoms with Crippen LogP contribution in [0.3, 0.4) is 0 Å². The van der Waals surface area contributed by atoms with Crippen molar-refractivity contribution in [2.75, 3.05) is 20.1 Å². The molecular weight excluding hydrogens is 288 g/mol. The Bertz CT molecular complexity index is 381. The predicted molar refractivity (Wildman–Crippen MR) is 80.7 cm³/mol. The first-order chi connectivity index (χ1) is 8.66. The van der Waals surface area contributed by atoms with Gasteiger partial charge in [0, 0.05) is 23.6 Å². The van der Waals surface area contributed by atoms with Crippen molar-refractivity contribution in [2.24, 2.45) is 5.92 Å². The number of rotatable bonds is 4. The number of hydrogen-bond acceptors (Lipinski definition) is 2. The number of nitrogens with zero attached hydrogens (tertiary/aromatic N) is 1. The summed E-state index contributed by atoms with van der Waals surface area (Å²) in [7, 11) is 2.23. The molecule has 1 aromatic carbocycles. The molecule has 1 N–H and O–H groups in total. The molecule has 1 heterocycles. The monoisotopic (exact) mass is 310 g/mol. The molecule has 1 saturated heterocycles. The zero-order valence-corrected chi connectivity index (χ0v) is 12.9. The normalized spacial score (nSPS) is 22.9. The molecule has 0 radical (unpaired) electrons. The first kappa shape index (κ1) is 14.0. The Balaban J connectivity index is 1.84. The van der Waals surface area contributed by atoms with Crippen LogP contribution in [0, 0.1) is 5.92 Å². The summed E-state index contributed by atoms with van der Waals surface area (Å²) < 4.78 is 1.20. The van der Waals surface area contributed by atoms with Gasteiger partial charge < -0.3 is 10.2 Å². The lowest BCUT2D eigenvalue weighted by molar-refractivity contribution is 0.178. The molecule has 1 fully saturated rings. The smallest absolute Gasteiger partial charge is 0.0220 e. The molecule has 1 aromatic rings. The van der Waals surface area contributed by atoms with E-state index in [2.05, 4.69) is 64.4 Å². The van der Waals surface area contributed by atoms with Crippen LogP contribution in [0.15, 0.2) is 28.7 Å². The largest absolute Gasteiger partial charge is 0.310 e. The minimum absolute atomic E-state index is 0.583. The second-order valence-electron chi connectivity index (χ2n) is 5.43. The highest BCUT2D eigenvalue weighted by Crippen LogP contribution is 2.20. The van der Waals surface area contributed by atoms with Crippen LogP contribution in [-0.2, 0) is 6.54 Å². The third kappa shape index (κ3) is 3.81. The van der Waals surface area contributed by atoms with Gasteiger partial charge in [0.05, 0.1) is 0 Å². The standard InChI is InChI=1S/C15H23BrN2/c1-12(14-7-5-9-18(2)11-14)17-10-13-6-3-4-8-15(13)16/h3-4,6,8,12,14,17H,5,7,9-11H2,1-2H3. The molecule has 0 saturated carbocycles. The van der Waals surface area contributed by atoms with Crippen LogP contribution >= 0.6 is 15.9 Å². The van der Waals surface area contributed by atoms with Crippen LogP contribution in [0.1, 0.15) is 25.3 Å². The van der Waals surface area contributed by atoms with E-state index in [1.807, 2.05) is 0 Å². The maximum absolute atomic E-state index is 3.67. The lowest BCUT2D eigenvalue weighted by Crippen LogP contribution is -2.42. The van der Waals surface area contributed by atoms with E-state index in [0.717, 1.165) is 12.5 Å². The van der Waals surface area contributed by atoms with E-state index < -0.39 is 0 Å². The summed E-state index contributed by atoms with van der Waals surface area (Å²) in [6.45, 7) is 5.75. The first-order valence-corrected chi connectivity index (χ1v) is 7.61. The minimum Gasteiger partial charge on any atom is -0.310 e. The van der Waals surface area contributed by atoms with Gasteiger partial charge in [-0.15, -0.1) is 0 Å². The van der Waals surface area contributed by atoms with Gasteiger partial charge in [-0.05, 0) is 50.9 Å². The van der Waals surface area contributed by atoms with Gasteiger partial charge >= 0.3 is 0 Å². The van der Waals surface area contributed by atoms with E-state index in [1.54, 1.807) is 0 Å². The molecule has 2 nitrogen and oxygen atoms in total. The van der Waals surface area contributed by atoms with Crippen molar-refractivity contribution in [3.05, 3.63) is 34.3 Å². The highest BCUT2D eigenvalue weighted by molar-refractivity contribution is 9.10. The van der Waals surface area contributed by atoms with Crippen LogP contribution in [0.4, 0.5) is 0 Å². The van der Waals surface area contributed by atoms with Crippen LogP contribution in [0.25, 0.3) is 0 Å². The Morgan fingerprint density at radius 2 is 2.22 bits per heavy atom. The summed E-state index contributed by atoms with van der Waals surface area (Å²) in [6, 6.07) is 9.03. The highest BCUT2D eigenvalue weighted by Gasteiger charge is 2.22. The fourth-order valence-corrected chi connectivity index (χ4v) is 3.12. The molecule has 2 unspecified atom stereocenters. The molecule has 18 heavy (non-hydrogen) atoms. The van der Waals surface area contributed by atoms with Crippen LogP contribution in [-0.4, -0.2) is 31.1 Å². The van der Waals surface area contributed by atoms with Crippen LogP contribution in [0.2, 0.25) is 0 Å². The zero-order chi connectivity index (χ0) is 13.0. The molecule has 1 aliphatic rings. The number of likely N-dealkylation sites (tertiary alicyclic amines) is 1. The molecule has 1 aliphatic heterocycles. The first-order valence-electron chi connectivity index (χ1n) is 6.82. The zero-order valence-electron chi connectivity index (χ0n) is 11.3.